The molecule has 2 aromatic rings. The van der Waals surface area contributed by atoms with E-state index in [1.54, 1.807) is 24.3 Å². The number of rotatable bonds is 6. The lowest BCUT2D eigenvalue weighted by atomic mass is 10.2. The first-order valence-corrected chi connectivity index (χ1v) is 10.3. The molecule has 3 rings (SSSR count). The van der Waals surface area contributed by atoms with Gasteiger partial charge in [0.15, 0.2) is 4.30 Å². The van der Waals surface area contributed by atoms with Gasteiger partial charge in [0.2, 0.25) is 0 Å². The number of aliphatic carboxylic acids is 1. The lowest BCUT2D eigenvalue weighted by Gasteiger charge is -2.02. The normalized spacial score (nSPS) is 11.7. The molecule has 0 aromatic carbocycles. The van der Waals surface area contributed by atoms with Crippen molar-refractivity contribution in [2.24, 2.45) is 0 Å². The van der Waals surface area contributed by atoms with Crippen molar-refractivity contribution in [1.29, 1.82) is 0 Å². The van der Waals surface area contributed by atoms with Gasteiger partial charge in [0.1, 0.15) is 24.7 Å². The number of aliphatic hydroxyl groups excluding tert-OH is 1. The number of aliphatic hydroxyl groups is 1. The molecule has 0 aliphatic carbocycles. The Kier molecular flexibility index (Phi) is 15.9. The Bertz CT molecular complexity index is 913. The van der Waals surface area contributed by atoms with E-state index >= 15 is 0 Å². The van der Waals surface area contributed by atoms with Crippen LogP contribution in [-0.4, -0.2) is 38.4 Å². The van der Waals surface area contributed by atoms with Gasteiger partial charge in [0.05, 0.1) is 25.4 Å². The Morgan fingerprint density at radius 1 is 1.09 bits per heavy atom. The first-order valence-electron chi connectivity index (χ1n) is 9.03. The van der Waals surface area contributed by atoms with E-state index in [0.717, 1.165) is 0 Å². The lowest BCUT2D eigenvalue weighted by molar-refractivity contribution is -0.151. The van der Waals surface area contributed by atoms with Gasteiger partial charge in [-0.25, -0.2) is 9.59 Å². The first-order chi connectivity index (χ1) is 16.0. The number of esters is 3. The highest BCUT2D eigenvalue weighted by atomic mass is 35.6. The number of cyclic esters (lactones) is 2. The Labute approximate surface area is 209 Å². The van der Waals surface area contributed by atoms with Gasteiger partial charge in [-0.2, -0.15) is 0 Å². The van der Waals surface area contributed by atoms with Crippen LogP contribution in [0.2, 0.25) is 0 Å². The molecule has 0 unspecified atom stereocenters. The van der Waals surface area contributed by atoms with Gasteiger partial charge in [0.25, 0.3) is 0 Å². The van der Waals surface area contributed by atoms with Gasteiger partial charge in [-0.05, 0) is 24.3 Å². The summed E-state index contributed by atoms with van der Waals surface area (Å²) in [4.78, 5) is 41.8. The van der Waals surface area contributed by atoms with Crippen molar-refractivity contribution >= 4 is 58.7 Å². The molecule has 10 nitrogen and oxygen atoms in total. The van der Waals surface area contributed by atoms with Gasteiger partial charge >= 0.3 is 23.9 Å². The molecule has 0 radical (unpaired) electrons. The van der Waals surface area contributed by atoms with E-state index in [1.807, 2.05) is 0 Å². The van der Waals surface area contributed by atoms with Crippen LogP contribution in [0.1, 0.15) is 24.4 Å². The number of hydrogen-bond acceptors (Lipinski definition) is 9. The maximum absolute atomic E-state index is 11.1. The summed E-state index contributed by atoms with van der Waals surface area (Å²) in [5.41, 5.74) is 0.0504. The number of carboxylic acid groups (broad SMARTS) is 1. The van der Waals surface area contributed by atoms with E-state index < -0.39 is 28.2 Å². The highest BCUT2D eigenvalue weighted by Crippen LogP contribution is 2.10. The highest BCUT2D eigenvalue weighted by Gasteiger charge is 2.24. The molecule has 0 atom stereocenters. The smallest absolute Gasteiger partial charge is 0.341 e. The average molecular weight is 540 g/mol. The van der Waals surface area contributed by atoms with Crippen LogP contribution in [0, 0.1) is 0 Å². The fourth-order valence-corrected chi connectivity index (χ4v) is 1.71. The monoisotopic (exact) mass is 538 g/mol. The summed E-state index contributed by atoms with van der Waals surface area (Å²) in [6.07, 6.45) is 2.72. The Morgan fingerprint density at radius 2 is 1.62 bits per heavy atom. The van der Waals surface area contributed by atoms with Gasteiger partial charge in [-0.1, -0.05) is 48.0 Å². The second kappa shape index (κ2) is 17.4. The van der Waals surface area contributed by atoms with Crippen LogP contribution in [0.4, 0.5) is 0 Å². The molecule has 1 fully saturated rings. The number of carbonyl (C=O) groups excluding carboxylic acids is 3. The van der Waals surface area contributed by atoms with Crippen LogP contribution >= 0.6 is 34.8 Å². The third-order valence-electron chi connectivity index (χ3n) is 3.20. The minimum Gasteiger partial charge on any atom is -0.478 e. The zero-order valence-corrected chi connectivity index (χ0v) is 19.8. The average Bonchev–Trinajstić information content (AvgIpc) is 3.50. The molecule has 0 saturated carbocycles. The number of carboxylic acids is 1. The third kappa shape index (κ3) is 15.7. The van der Waals surface area contributed by atoms with Crippen molar-refractivity contribution < 1.29 is 47.7 Å². The van der Waals surface area contributed by atoms with Crippen LogP contribution < -0.4 is 0 Å². The molecule has 0 bridgehead atoms. The summed E-state index contributed by atoms with van der Waals surface area (Å²) < 4.78 is 17.7. The van der Waals surface area contributed by atoms with Crippen molar-refractivity contribution in [2.75, 3.05) is 0 Å². The van der Waals surface area contributed by atoms with E-state index in [4.69, 9.17) is 58.6 Å². The summed E-state index contributed by atoms with van der Waals surface area (Å²) in [7, 11) is 0. The summed E-state index contributed by atoms with van der Waals surface area (Å²) >= 11 is 14.4. The number of furan rings is 2. The van der Waals surface area contributed by atoms with E-state index in [0.29, 0.717) is 11.5 Å². The second-order valence-corrected chi connectivity index (χ2v) is 7.83. The predicted octanol–water partition coefficient (Wildman–Crippen LogP) is 4.13. The van der Waals surface area contributed by atoms with Gasteiger partial charge < -0.3 is 28.5 Å². The van der Waals surface area contributed by atoms with Crippen molar-refractivity contribution in [2.45, 2.75) is 30.4 Å². The molecule has 13 heteroatoms. The number of carbonyl (C=O) groups is 4. The molecule has 1 aliphatic heterocycles. The fraction of sp³-hybridized carbons (Fsp3) is 0.238. The number of hydrogen-bond donors (Lipinski definition) is 2. The molecule has 2 aromatic heterocycles. The van der Waals surface area contributed by atoms with Crippen LogP contribution in [-0.2, 0) is 41.9 Å². The molecule has 2 N–H and O–H groups in total. The number of alkyl halides is 3. The Hall–Kier alpha value is -3.05. The minimum atomic E-state index is -1.20. The maximum Gasteiger partial charge on any atom is 0.341 e. The van der Waals surface area contributed by atoms with Crippen LogP contribution in [0.3, 0.4) is 0 Å². The molecule has 0 spiro atoms. The third-order valence-corrected chi connectivity index (χ3v) is 3.20. The van der Waals surface area contributed by atoms with Gasteiger partial charge in [0, 0.05) is 11.1 Å². The summed E-state index contributed by atoms with van der Waals surface area (Å²) in [6, 6.07) is 6.78. The topological polar surface area (TPSA) is 153 Å². The van der Waals surface area contributed by atoms with Crippen molar-refractivity contribution in [3.05, 3.63) is 72.6 Å². The quantitative estimate of drug-likeness (QED) is 0.237. The molecule has 0 amide bonds. The highest BCUT2D eigenvalue weighted by molar-refractivity contribution is 6.63. The van der Waals surface area contributed by atoms with E-state index in [1.165, 1.54) is 12.5 Å². The number of halogens is 3. The Morgan fingerprint density at radius 3 is 1.91 bits per heavy atom. The van der Waals surface area contributed by atoms with Crippen molar-refractivity contribution in [1.82, 2.24) is 0 Å². The molecule has 1 saturated heterocycles. The SMILES string of the molecule is C=C(CC(=O)OCc1ccco1)C(=O)O.C=C1CC(=O)OC1=O.ClC(Cl)Cl.OCc1ccco1. The minimum absolute atomic E-state index is 0.00126. The largest absolute Gasteiger partial charge is 0.478 e. The predicted molar refractivity (Wildman–Crippen MR) is 121 cm³/mol. The van der Waals surface area contributed by atoms with Crippen LogP contribution in [0.15, 0.2) is 69.9 Å². The van der Waals surface area contributed by atoms with Crippen LogP contribution in [0.5, 0.6) is 0 Å². The van der Waals surface area contributed by atoms with E-state index in [9.17, 15) is 19.2 Å². The molecule has 34 heavy (non-hydrogen) atoms. The standard InChI is InChI=1S/C10H10O5.C5H4O3.C5H6O2.CHCl3/c1-7(10(12)13)5-9(11)15-6-8-3-2-4-14-8;1-3-2-4(6)8-5(3)7;6-4-5-2-1-3-7-5;2-1(3)4/h2-4H,1,5-6H2,(H,12,13);1-2H2;1-3,6H,4H2;1H. The molecule has 3 heterocycles. The molecular formula is C21H21Cl3O10. The summed E-state index contributed by atoms with van der Waals surface area (Å²) in [5, 5.41) is 16.8. The zero-order chi connectivity index (χ0) is 26.1. The second-order valence-electron chi connectivity index (χ2n) is 5.85. The van der Waals surface area contributed by atoms with Crippen molar-refractivity contribution in [3.8, 4) is 0 Å². The Balaban J connectivity index is 0.000000481. The molecule has 1 aliphatic rings. The first kappa shape index (κ1) is 30.9. The fourth-order valence-electron chi connectivity index (χ4n) is 1.71. The van der Waals surface area contributed by atoms with E-state index in [2.05, 4.69) is 17.9 Å². The van der Waals surface area contributed by atoms with E-state index in [-0.39, 0.29) is 37.2 Å². The summed E-state index contributed by atoms with van der Waals surface area (Å²) in [6.45, 7) is 6.50. The van der Waals surface area contributed by atoms with Crippen LogP contribution in [0.25, 0.3) is 0 Å². The lowest BCUT2D eigenvalue weighted by Crippen LogP contribution is -2.09. The zero-order valence-electron chi connectivity index (χ0n) is 17.6. The number of ether oxygens (including phenoxy) is 2. The maximum atomic E-state index is 11.1. The molecule has 186 valence electrons. The van der Waals surface area contributed by atoms with Gasteiger partial charge in [-0.3, -0.25) is 9.59 Å². The summed E-state index contributed by atoms with van der Waals surface area (Å²) in [5.74, 6) is -1.82. The van der Waals surface area contributed by atoms with Crippen molar-refractivity contribution in [3.63, 3.8) is 0 Å². The molecular weight excluding hydrogens is 519 g/mol. The van der Waals surface area contributed by atoms with Gasteiger partial charge in [-0.15, -0.1) is 0 Å².